The summed E-state index contributed by atoms with van der Waals surface area (Å²) in [6.45, 7) is 0.708. The summed E-state index contributed by atoms with van der Waals surface area (Å²) in [5, 5.41) is 8.71. The average Bonchev–Trinajstić information content (AvgIpc) is 2.40. The minimum Gasteiger partial charge on any atom is -0.384 e. The molecule has 0 fully saturated rings. The van der Waals surface area contributed by atoms with E-state index < -0.39 is 0 Å². The lowest BCUT2D eigenvalue weighted by Gasteiger charge is -2.03. The zero-order chi connectivity index (χ0) is 8.10. The molecule has 0 saturated heterocycles. The fourth-order valence-corrected chi connectivity index (χ4v) is 2.11. The summed E-state index contributed by atoms with van der Waals surface area (Å²) in [7, 11) is 1.69. The second kappa shape index (κ2) is 4.79. The number of alkyl halides is 1. The van der Waals surface area contributed by atoms with Gasteiger partial charge in [-0.1, -0.05) is 15.9 Å². The van der Waals surface area contributed by atoms with Gasteiger partial charge in [-0.3, -0.25) is 0 Å². The van der Waals surface area contributed by atoms with E-state index in [2.05, 4.69) is 26.1 Å². The summed E-state index contributed by atoms with van der Waals surface area (Å²) >= 11 is 5.04. The number of halogens is 1. The molecule has 0 amide bonds. The van der Waals surface area contributed by atoms with Crippen molar-refractivity contribution >= 4 is 27.3 Å². The number of ether oxygens (including phenoxy) is 1. The molecule has 1 atom stereocenters. The van der Waals surface area contributed by atoms with Crippen LogP contribution in [-0.2, 0) is 11.2 Å². The molecule has 11 heavy (non-hydrogen) atoms. The van der Waals surface area contributed by atoms with Crippen LogP contribution in [0.2, 0.25) is 0 Å². The van der Waals surface area contributed by atoms with E-state index in [4.69, 9.17) is 4.74 Å². The van der Waals surface area contributed by atoms with Crippen molar-refractivity contribution in [3.05, 3.63) is 10.5 Å². The molecular formula is C6H9BrN2OS. The van der Waals surface area contributed by atoms with Crippen molar-refractivity contribution in [1.82, 2.24) is 10.2 Å². The molecule has 1 aromatic rings. The third-order valence-electron chi connectivity index (χ3n) is 1.15. The lowest BCUT2D eigenvalue weighted by atomic mass is 10.3. The van der Waals surface area contributed by atoms with Gasteiger partial charge in [0.15, 0.2) is 0 Å². The quantitative estimate of drug-likeness (QED) is 0.744. The van der Waals surface area contributed by atoms with Gasteiger partial charge >= 0.3 is 0 Å². The number of methoxy groups -OCH3 is 1. The lowest BCUT2D eigenvalue weighted by Crippen LogP contribution is -2.09. The molecule has 0 bridgehead atoms. The molecule has 0 aliphatic heterocycles. The van der Waals surface area contributed by atoms with Crippen LogP contribution in [0, 0.1) is 0 Å². The first kappa shape index (κ1) is 9.09. The first-order valence-electron chi connectivity index (χ1n) is 3.21. The molecular weight excluding hydrogens is 228 g/mol. The van der Waals surface area contributed by atoms with E-state index in [0.717, 1.165) is 11.4 Å². The average molecular weight is 237 g/mol. The molecule has 0 aromatic carbocycles. The summed E-state index contributed by atoms with van der Waals surface area (Å²) in [5.41, 5.74) is 1.74. The Morgan fingerprint density at radius 2 is 2.64 bits per heavy atom. The number of hydrogen-bond acceptors (Lipinski definition) is 4. The maximum Gasteiger partial charge on any atom is 0.118 e. The van der Waals surface area contributed by atoms with Crippen molar-refractivity contribution in [3.63, 3.8) is 0 Å². The second-order valence-electron chi connectivity index (χ2n) is 2.09. The van der Waals surface area contributed by atoms with Crippen molar-refractivity contribution in [1.29, 1.82) is 0 Å². The van der Waals surface area contributed by atoms with Crippen LogP contribution in [0.5, 0.6) is 0 Å². The molecule has 62 valence electrons. The Morgan fingerprint density at radius 1 is 1.82 bits per heavy atom. The fraction of sp³-hybridized carbons (Fsp3) is 0.667. The van der Waals surface area contributed by atoms with Crippen LogP contribution < -0.4 is 0 Å². The Morgan fingerprint density at radius 3 is 3.18 bits per heavy atom. The SMILES string of the molecule is COCC(Br)Cc1nncs1. The lowest BCUT2D eigenvalue weighted by molar-refractivity contribution is 0.200. The van der Waals surface area contributed by atoms with Crippen LogP contribution in [0.4, 0.5) is 0 Å². The van der Waals surface area contributed by atoms with Crippen molar-refractivity contribution in [2.24, 2.45) is 0 Å². The standard InChI is InChI=1S/C6H9BrN2OS/c1-10-3-5(7)2-6-9-8-4-11-6/h4-5H,2-3H2,1H3. The van der Waals surface area contributed by atoms with Crippen molar-refractivity contribution < 1.29 is 4.74 Å². The van der Waals surface area contributed by atoms with E-state index in [1.165, 1.54) is 0 Å². The normalized spacial score (nSPS) is 13.3. The van der Waals surface area contributed by atoms with E-state index in [0.29, 0.717) is 11.4 Å². The minimum absolute atomic E-state index is 0.348. The molecule has 1 heterocycles. The number of hydrogen-bond donors (Lipinski definition) is 0. The molecule has 0 aliphatic rings. The fourth-order valence-electron chi connectivity index (χ4n) is 0.714. The Hall–Kier alpha value is -0.0000000000000000278. The molecule has 0 aliphatic carbocycles. The summed E-state index contributed by atoms with van der Waals surface area (Å²) in [6, 6.07) is 0. The van der Waals surface area contributed by atoms with Crippen molar-refractivity contribution in [3.8, 4) is 0 Å². The van der Waals surface area contributed by atoms with Crippen LogP contribution in [0.25, 0.3) is 0 Å². The van der Waals surface area contributed by atoms with Gasteiger partial charge in [0.2, 0.25) is 0 Å². The van der Waals surface area contributed by atoms with E-state index in [1.807, 2.05) is 0 Å². The Balaban J connectivity index is 2.31. The van der Waals surface area contributed by atoms with E-state index in [9.17, 15) is 0 Å². The zero-order valence-corrected chi connectivity index (χ0v) is 8.56. The molecule has 0 radical (unpaired) electrons. The van der Waals surface area contributed by atoms with Gasteiger partial charge in [0.25, 0.3) is 0 Å². The van der Waals surface area contributed by atoms with Gasteiger partial charge in [-0.25, -0.2) is 0 Å². The molecule has 1 unspecified atom stereocenters. The van der Waals surface area contributed by atoms with Crippen molar-refractivity contribution in [2.75, 3.05) is 13.7 Å². The second-order valence-corrected chi connectivity index (χ2v) is 4.30. The van der Waals surface area contributed by atoms with Gasteiger partial charge in [-0.15, -0.1) is 21.5 Å². The van der Waals surface area contributed by atoms with Crippen LogP contribution in [-0.4, -0.2) is 28.7 Å². The van der Waals surface area contributed by atoms with Gasteiger partial charge in [0, 0.05) is 18.4 Å². The van der Waals surface area contributed by atoms with E-state index in [1.54, 1.807) is 24.0 Å². The summed E-state index contributed by atoms with van der Waals surface area (Å²) in [5.74, 6) is 0. The first-order valence-corrected chi connectivity index (χ1v) is 5.00. The highest BCUT2D eigenvalue weighted by atomic mass is 79.9. The van der Waals surface area contributed by atoms with Crippen LogP contribution in [0.3, 0.4) is 0 Å². The van der Waals surface area contributed by atoms with E-state index in [-0.39, 0.29) is 0 Å². The molecule has 5 heteroatoms. The highest BCUT2D eigenvalue weighted by Gasteiger charge is 2.06. The molecule has 3 nitrogen and oxygen atoms in total. The summed E-state index contributed by atoms with van der Waals surface area (Å²) < 4.78 is 4.96. The van der Waals surface area contributed by atoms with Gasteiger partial charge in [-0.05, 0) is 0 Å². The number of aromatic nitrogens is 2. The zero-order valence-electron chi connectivity index (χ0n) is 6.16. The number of rotatable bonds is 4. The monoisotopic (exact) mass is 236 g/mol. The number of nitrogens with zero attached hydrogens (tertiary/aromatic N) is 2. The highest BCUT2D eigenvalue weighted by Crippen LogP contribution is 2.10. The van der Waals surface area contributed by atoms with Gasteiger partial charge < -0.3 is 4.74 Å². The van der Waals surface area contributed by atoms with Crippen LogP contribution >= 0.6 is 27.3 Å². The molecule has 0 N–H and O–H groups in total. The van der Waals surface area contributed by atoms with Gasteiger partial charge in [0.1, 0.15) is 10.5 Å². The van der Waals surface area contributed by atoms with E-state index >= 15 is 0 Å². The molecule has 0 spiro atoms. The maximum atomic E-state index is 4.96. The summed E-state index contributed by atoms with van der Waals surface area (Å²) in [4.78, 5) is 0.348. The smallest absolute Gasteiger partial charge is 0.118 e. The van der Waals surface area contributed by atoms with Crippen LogP contribution in [0.1, 0.15) is 5.01 Å². The molecule has 1 aromatic heterocycles. The summed E-state index contributed by atoms with van der Waals surface area (Å²) in [6.07, 6.45) is 0.887. The Labute approximate surface area is 77.9 Å². The Kier molecular flexibility index (Phi) is 3.96. The predicted octanol–water partition coefficient (Wildman–Crippen LogP) is 1.49. The molecule has 1 rings (SSSR count). The molecule has 0 saturated carbocycles. The van der Waals surface area contributed by atoms with Gasteiger partial charge in [0.05, 0.1) is 6.61 Å². The van der Waals surface area contributed by atoms with Gasteiger partial charge in [-0.2, -0.15) is 0 Å². The van der Waals surface area contributed by atoms with Crippen LogP contribution in [0.15, 0.2) is 5.51 Å². The van der Waals surface area contributed by atoms with Crippen molar-refractivity contribution in [2.45, 2.75) is 11.2 Å². The maximum absolute atomic E-state index is 4.96. The largest absolute Gasteiger partial charge is 0.384 e. The highest BCUT2D eigenvalue weighted by molar-refractivity contribution is 9.09. The third-order valence-corrected chi connectivity index (χ3v) is 2.46. The minimum atomic E-state index is 0.348. The Bertz CT molecular complexity index is 192. The predicted molar refractivity (Wildman–Crippen MR) is 48.2 cm³/mol. The first-order chi connectivity index (χ1) is 5.33. The topological polar surface area (TPSA) is 35.0 Å². The third kappa shape index (κ3) is 3.27.